The minimum atomic E-state index is 0.887. The molecule has 0 radical (unpaired) electrons. The van der Waals surface area contributed by atoms with Crippen molar-refractivity contribution in [2.45, 2.75) is 0 Å². The summed E-state index contributed by atoms with van der Waals surface area (Å²) in [6, 6.07) is 1.91. The van der Waals surface area contributed by atoms with Crippen molar-refractivity contribution in [3.05, 3.63) is 24.0 Å². The van der Waals surface area contributed by atoms with Gasteiger partial charge in [0, 0.05) is 25.1 Å². The Kier molecular flexibility index (Phi) is 2.18. The lowest BCUT2D eigenvalue weighted by Gasteiger charge is -2.03. The van der Waals surface area contributed by atoms with E-state index in [1.807, 2.05) is 13.1 Å². The second kappa shape index (κ2) is 3.49. The van der Waals surface area contributed by atoms with Crippen molar-refractivity contribution in [2.24, 2.45) is 0 Å². The van der Waals surface area contributed by atoms with Gasteiger partial charge < -0.3 is 5.32 Å². The van der Waals surface area contributed by atoms with Crippen molar-refractivity contribution in [1.29, 1.82) is 0 Å². The number of anilines is 1. The maximum absolute atomic E-state index is 4.05. The van der Waals surface area contributed by atoms with Gasteiger partial charge in [0.15, 0.2) is 5.01 Å². The summed E-state index contributed by atoms with van der Waals surface area (Å²) in [5, 5.41) is 11.7. The van der Waals surface area contributed by atoms with Gasteiger partial charge >= 0.3 is 0 Å². The van der Waals surface area contributed by atoms with Crippen LogP contribution in [0.3, 0.4) is 0 Å². The van der Waals surface area contributed by atoms with Crippen LogP contribution in [0, 0.1) is 0 Å². The van der Waals surface area contributed by atoms with Gasteiger partial charge in [-0.05, 0) is 6.07 Å². The van der Waals surface area contributed by atoms with Crippen molar-refractivity contribution >= 4 is 17.0 Å². The van der Waals surface area contributed by atoms with Gasteiger partial charge in [0.2, 0.25) is 0 Å². The number of nitrogens with one attached hydrogen (secondary N) is 1. The number of pyridine rings is 1. The zero-order chi connectivity index (χ0) is 9.10. The summed E-state index contributed by atoms with van der Waals surface area (Å²) in [7, 11) is 1.87. The van der Waals surface area contributed by atoms with E-state index in [-0.39, 0.29) is 0 Å². The zero-order valence-electron chi connectivity index (χ0n) is 7.06. The number of hydrogen-bond donors (Lipinski definition) is 1. The third-order valence-corrected chi connectivity index (χ3v) is 2.41. The molecule has 0 amide bonds. The van der Waals surface area contributed by atoms with Crippen LogP contribution in [0.15, 0.2) is 24.0 Å². The standard InChI is InChI=1S/C8H8N4S/c1-9-7-2-3-10-4-6(7)8-12-11-5-13-8/h2-5H,1H3,(H,9,10). The summed E-state index contributed by atoms with van der Waals surface area (Å²) >= 11 is 1.50. The Hall–Kier alpha value is -1.49. The Morgan fingerprint density at radius 3 is 3.08 bits per heavy atom. The van der Waals surface area contributed by atoms with Gasteiger partial charge in [0.1, 0.15) is 5.51 Å². The van der Waals surface area contributed by atoms with Crippen molar-refractivity contribution in [1.82, 2.24) is 15.2 Å². The molecule has 1 N–H and O–H groups in total. The van der Waals surface area contributed by atoms with Gasteiger partial charge in [-0.3, -0.25) is 4.98 Å². The number of nitrogens with zero attached hydrogens (tertiary/aromatic N) is 3. The lowest BCUT2D eigenvalue weighted by molar-refractivity contribution is 1.09. The Balaban J connectivity index is 2.51. The van der Waals surface area contributed by atoms with E-state index in [4.69, 9.17) is 0 Å². The van der Waals surface area contributed by atoms with E-state index in [2.05, 4.69) is 20.5 Å². The van der Waals surface area contributed by atoms with Crippen LogP contribution in [-0.4, -0.2) is 22.2 Å². The predicted octanol–water partition coefficient (Wildman–Crippen LogP) is 1.64. The third-order valence-electron chi connectivity index (χ3n) is 1.68. The monoisotopic (exact) mass is 192 g/mol. The van der Waals surface area contributed by atoms with E-state index in [0.717, 1.165) is 16.3 Å². The summed E-state index contributed by atoms with van der Waals surface area (Å²) in [5.41, 5.74) is 3.72. The van der Waals surface area contributed by atoms with Gasteiger partial charge in [-0.15, -0.1) is 10.2 Å². The molecular formula is C8H8N4S. The Morgan fingerprint density at radius 2 is 2.38 bits per heavy atom. The second-order valence-corrected chi connectivity index (χ2v) is 3.25. The maximum Gasteiger partial charge on any atom is 0.151 e. The summed E-state index contributed by atoms with van der Waals surface area (Å²) in [4.78, 5) is 4.05. The first kappa shape index (κ1) is 8.12. The van der Waals surface area contributed by atoms with Gasteiger partial charge in [0.05, 0.1) is 5.56 Å². The number of hydrogen-bond acceptors (Lipinski definition) is 5. The lowest BCUT2D eigenvalue weighted by atomic mass is 10.2. The van der Waals surface area contributed by atoms with Crippen molar-refractivity contribution in [3.8, 4) is 10.6 Å². The highest BCUT2D eigenvalue weighted by Gasteiger charge is 2.05. The summed E-state index contributed by atoms with van der Waals surface area (Å²) < 4.78 is 0. The fourth-order valence-corrected chi connectivity index (χ4v) is 1.65. The molecule has 2 rings (SSSR count). The van der Waals surface area contributed by atoms with E-state index in [0.29, 0.717) is 0 Å². The molecule has 0 fully saturated rings. The van der Waals surface area contributed by atoms with Crippen LogP contribution in [0.2, 0.25) is 0 Å². The largest absolute Gasteiger partial charge is 0.387 e. The minimum absolute atomic E-state index is 0.887. The molecule has 0 atom stereocenters. The first-order chi connectivity index (χ1) is 6.42. The van der Waals surface area contributed by atoms with Gasteiger partial charge in [-0.2, -0.15) is 0 Å². The molecule has 0 aliphatic carbocycles. The van der Waals surface area contributed by atoms with Crippen molar-refractivity contribution in [3.63, 3.8) is 0 Å². The molecule has 0 aliphatic rings. The Labute approximate surface area is 79.7 Å². The highest BCUT2D eigenvalue weighted by atomic mass is 32.1. The van der Waals surface area contributed by atoms with Crippen LogP contribution < -0.4 is 5.32 Å². The van der Waals surface area contributed by atoms with Gasteiger partial charge in [-0.1, -0.05) is 11.3 Å². The minimum Gasteiger partial charge on any atom is -0.387 e. The Morgan fingerprint density at radius 1 is 1.46 bits per heavy atom. The zero-order valence-corrected chi connectivity index (χ0v) is 7.88. The summed E-state index contributed by atoms with van der Waals surface area (Å²) in [6.07, 6.45) is 3.53. The fourth-order valence-electron chi connectivity index (χ4n) is 1.07. The molecule has 0 bridgehead atoms. The van der Waals surface area contributed by atoms with E-state index in [1.165, 1.54) is 11.3 Å². The SMILES string of the molecule is CNc1ccncc1-c1nncs1. The van der Waals surface area contributed by atoms with Crippen LogP contribution in [0.4, 0.5) is 5.69 Å². The average molecular weight is 192 g/mol. The van der Waals surface area contributed by atoms with Crippen molar-refractivity contribution < 1.29 is 0 Å². The molecule has 2 heterocycles. The van der Waals surface area contributed by atoms with Crippen LogP contribution in [0.1, 0.15) is 0 Å². The van der Waals surface area contributed by atoms with Crippen molar-refractivity contribution in [2.75, 3.05) is 12.4 Å². The van der Waals surface area contributed by atoms with E-state index in [9.17, 15) is 0 Å². The molecule has 4 nitrogen and oxygen atoms in total. The molecule has 66 valence electrons. The highest BCUT2D eigenvalue weighted by molar-refractivity contribution is 7.12. The third kappa shape index (κ3) is 1.50. The molecule has 0 saturated carbocycles. The van der Waals surface area contributed by atoms with E-state index < -0.39 is 0 Å². The fraction of sp³-hybridized carbons (Fsp3) is 0.125. The molecule has 0 spiro atoms. The summed E-state index contributed by atoms with van der Waals surface area (Å²) in [5.74, 6) is 0. The summed E-state index contributed by atoms with van der Waals surface area (Å²) in [6.45, 7) is 0. The topological polar surface area (TPSA) is 50.7 Å². The molecule has 13 heavy (non-hydrogen) atoms. The van der Waals surface area contributed by atoms with Crippen LogP contribution in [-0.2, 0) is 0 Å². The highest BCUT2D eigenvalue weighted by Crippen LogP contribution is 2.26. The van der Waals surface area contributed by atoms with Gasteiger partial charge in [-0.25, -0.2) is 0 Å². The quantitative estimate of drug-likeness (QED) is 0.786. The van der Waals surface area contributed by atoms with E-state index in [1.54, 1.807) is 17.9 Å². The molecule has 2 aromatic heterocycles. The average Bonchev–Trinajstić information content (AvgIpc) is 2.70. The first-order valence-corrected chi connectivity index (χ1v) is 4.68. The maximum atomic E-state index is 4.05. The van der Waals surface area contributed by atoms with Gasteiger partial charge in [0.25, 0.3) is 0 Å². The molecule has 0 aliphatic heterocycles. The second-order valence-electron chi connectivity index (χ2n) is 2.42. The normalized spacial score (nSPS) is 9.92. The number of aromatic nitrogens is 3. The molecule has 0 saturated heterocycles. The molecule has 2 aromatic rings. The predicted molar refractivity (Wildman–Crippen MR) is 52.7 cm³/mol. The Bertz CT molecular complexity index is 385. The van der Waals surface area contributed by atoms with Crippen LogP contribution >= 0.6 is 11.3 Å². The number of rotatable bonds is 2. The van der Waals surface area contributed by atoms with Crippen LogP contribution in [0.25, 0.3) is 10.6 Å². The molecule has 5 heteroatoms. The first-order valence-electron chi connectivity index (χ1n) is 3.80. The van der Waals surface area contributed by atoms with Crippen LogP contribution in [0.5, 0.6) is 0 Å². The molecule has 0 aromatic carbocycles. The molecular weight excluding hydrogens is 184 g/mol. The molecule has 0 unspecified atom stereocenters. The smallest absolute Gasteiger partial charge is 0.151 e. The lowest BCUT2D eigenvalue weighted by Crippen LogP contribution is -1.92. The van der Waals surface area contributed by atoms with E-state index >= 15 is 0 Å².